The SMILES string of the molecule is CO[C](F)C(F)(F)C(F)(F)F. The van der Waals surface area contributed by atoms with Crippen molar-refractivity contribution in [3.8, 4) is 0 Å². The van der Waals surface area contributed by atoms with E-state index in [1.807, 2.05) is 0 Å². The Bertz CT molecular complexity index is 129. The van der Waals surface area contributed by atoms with Crippen molar-refractivity contribution in [1.29, 1.82) is 0 Å². The number of ether oxygens (including phenoxy) is 1. The molecule has 11 heavy (non-hydrogen) atoms. The Kier molecular flexibility index (Phi) is 2.76. The Hall–Kier alpha value is -0.460. The molecule has 0 amide bonds. The van der Waals surface area contributed by atoms with Gasteiger partial charge >= 0.3 is 18.5 Å². The van der Waals surface area contributed by atoms with Crippen molar-refractivity contribution < 1.29 is 31.1 Å². The highest BCUT2D eigenvalue weighted by atomic mass is 19.4. The van der Waals surface area contributed by atoms with Crippen LogP contribution in [0.25, 0.3) is 0 Å². The van der Waals surface area contributed by atoms with Gasteiger partial charge in [-0.15, -0.1) is 0 Å². The third-order valence-corrected chi connectivity index (χ3v) is 0.782. The van der Waals surface area contributed by atoms with Gasteiger partial charge in [0.25, 0.3) is 0 Å². The fraction of sp³-hybridized carbons (Fsp3) is 0.750. The molecular weight excluding hydrogens is 178 g/mol. The number of alkyl halides is 5. The van der Waals surface area contributed by atoms with Crippen molar-refractivity contribution in [1.82, 2.24) is 0 Å². The molecule has 0 N–H and O–H groups in total. The highest BCUT2D eigenvalue weighted by molar-refractivity contribution is 4.90. The molecule has 1 nitrogen and oxygen atoms in total. The van der Waals surface area contributed by atoms with Gasteiger partial charge in [0.2, 0.25) is 0 Å². The highest BCUT2D eigenvalue weighted by Crippen LogP contribution is 2.42. The van der Waals surface area contributed by atoms with Crippen LogP contribution in [0.2, 0.25) is 0 Å². The molecule has 0 rings (SSSR count). The van der Waals surface area contributed by atoms with Gasteiger partial charge in [-0.2, -0.15) is 26.3 Å². The fourth-order valence-electron chi connectivity index (χ4n) is 0.240. The quantitative estimate of drug-likeness (QED) is 0.594. The lowest BCUT2D eigenvalue weighted by molar-refractivity contribution is -0.304. The number of halogens is 6. The molecule has 1 radical (unpaired) electrons. The van der Waals surface area contributed by atoms with Gasteiger partial charge in [-0.1, -0.05) is 0 Å². The molecule has 0 heterocycles. The zero-order chi connectivity index (χ0) is 9.28. The van der Waals surface area contributed by atoms with Crippen molar-refractivity contribution in [2.24, 2.45) is 0 Å². The summed E-state index contributed by atoms with van der Waals surface area (Å²) in [4.78, 5) is 0. The van der Waals surface area contributed by atoms with Gasteiger partial charge in [0.05, 0.1) is 0 Å². The number of hydrogen-bond donors (Lipinski definition) is 0. The van der Waals surface area contributed by atoms with Gasteiger partial charge in [0.1, 0.15) is 0 Å². The Balaban J connectivity index is 4.45. The van der Waals surface area contributed by atoms with E-state index in [4.69, 9.17) is 0 Å². The molecule has 0 aliphatic carbocycles. The van der Waals surface area contributed by atoms with Crippen LogP contribution < -0.4 is 0 Å². The van der Waals surface area contributed by atoms with Crippen molar-refractivity contribution in [3.05, 3.63) is 6.36 Å². The lowest BCUT2D eigenvalue weighted by atomic mass is 10.3. The molecule has 0 fully saturated rings. The summed E-state index contributed by atoms with van der Waals surface area (Å²) in [6, 6.07) is 0. The first-order chi connectivity index (χ1) is 4.73. The zero-order valence-electron chi connectivity index (χ0n) is 5.18. The second-order valence-corrected chi connectivity index (χ2v) is 1.55. The first kappa shape index (κ1) is 10.5. The van der Waals surface area contributed by atoms with Crippen LogP contribution in [0.4, 0.5) is 26.3 Å². The van der Waals surface area contributed by atoms with Gasteiger partial charge in [-0.25, -0.2) is 0 Å². The molecule has 0 aliphatic rings. The maximum Gasteiger partial charge on any atom is 0.459 e. The number of hydrogen-bond acceptors (Lipinski definition) is 1. The summed E-state index contributed by atoms with van der Waals surface area (Å²) in [5, 5.41) is 0. The first-order valence-corrected chi connectivity index (χ1v) is 2.25. The van der Waals surface area contributed by atoms with Crippen molar-refractivity contribution in [2.45, 2.75) is 12.1 Å². The maximum absolute atomic E-state index is 11.7. The largest absolute Gasteiger partial charge is 0.459 e. The molecule has 0 aromatic carbocycles. The summed E-state index contributed by atoms with van der Waals surface area (Å²) in [6.45, 7) is 0. The van der Waals surface area contributed by atoms with Crippen LogP contribution in [-0.4, -0.2) is 19.2 Å². The maximum atomic E-state index is 11.7. The summed E-state index contributed by atoms with van der Waals surface area (Å²) in [6.07, 6.45) is -8.81. The zero-order valence-corrected chi connectivity index (χ0v) is 5.18. The Labute approximate surface area is 57.9 Å². The monoisotopic (exact) mass is 181 g/mol. The van der Waals surface area contributed by atoms with Gasteiger partial charge in [-0.05, 0) is 0 Å². The molecular formula is C4H3F6O. The van der Waals surface area contributed by atoms with E-state index in [0.29, 0.717) is 7.11 Å². The summed E-state index contributed by atoms with van der Waals surface area (Å²) < 4.78 is 71.6. The molecule has 0 bridgehead atoms. The van der Waals surface area contributed by atoms with Crippen LogP contribution >= 0.6 is 0 Å². The van der Waals surface area contributed by atoms with E-state index in [9.17, 15) is 26.3 Å². The molecule has 7 heteroatoms. The summed E-state index contributed by atoms with van der Waals surface area (Å²) in [5.41, 5.74) is 0. The Morgan fingerprint density at radius 1 is 1.09 bits per heavy atom. The molecule has 0 aromatic rings. The van der Waals surface area contributed by atoms with Crippen LogP contribution in [0.1, 0.15) is 0 Å². The standard InChI is InChI=1S/C4H3F6O/c1-11-2(5)3(6,7)4(8,9)10/h1H3. The first-order valence-electron chi connectivity index (χ1n) is 2.25. The van der Waals surface area contributed by atoms with Gasteiger partial charge in [0, 0.05) is 7.11 Å². The summed E-state index contributed by atoms with van der Waals surface area (Å²) in [7, 11) is 0.384. The minimum Gasteiger partial charge on any atom is -0.340 e. The van der Waals surface area contributed by atoms with Crippen molar-refractivity contribution in [3.63, 3.8) is 0 Å². The van der Waals surface area contributed by atoms with E-state index in [0.717, 1.165) is 0 Å². The second-order valence-electron chi connectivity index (χ2n) is 1.55. The van der Waals surface area contributed by atoms with E-state index in [-0.39, 0.29) is 0 Å². The van der Waals surface area contributed by atoms with Gasteiger partial charge < -0.3 is 4.74 Å². The van der Waals surface area contributed by atoms with Gasteiger partial charge in [-0.3, -0.25) is 0 Å². The third-order valence-electron chi connectivity index (χ3n) is 0.782. The lowest BCUT2D eigenvalue weighted by Gasteiger charge is -2.19. The molecule has 0 saturated heterocycles. The highest BCUT2D eigenvalue weighted by Gasteiger charge is 2.65. The predicted molar refractivity (Wildman–Crippen MR) is 22.4 cm³/mol. The minimum atomic E-state index is -5.95. The average molecular weight is 181 g/mol. The number of methoxy groups -OCH3 is 1. The van der Waals surface area contributed by atoms with Crippen LogP contribution in [0.15, 0.2) is 0 Å². The smallest absolute Gasteiger partial charge is 0.340 e. The third kappa shape index (κ3) is 1.98. The molecule has 0 spiro atoms. The topological polar surface area (TPSA) is 9.23 Å². The lowest BCUT2D eigenvalue weighted by Crippen LogP contribution is -2.41. The summed E-state index contributed by atoms with van der Waals surface area (Å²) >= 11 is 0. The molecule has 0 aliphatic heterocycles. The van der Waals surface area contributed by atoms with E-state index < -0.39 is 18.5 Å². The molecule has 67 valence electrons. The Morgan fingerprint density at radius 3 is 1.55 bits per heavy atom. The van der Waals surface area contributed by atoms with Crippen molar-refractivity contribution in [2.75, 3.05) is 7.11 Å². The minimum absolute atomic E-state index is 0.384. The molecule has 0 unspecified atom stereocenters. The van der Waals surface area contributed by atoms with E-state index in [1.165, 1.54) is 0 Å². The average Bonchev–Trinajstić information content (AvgIpc) is 1.83. The van der Waals surface area contributed by atoms with E-state index in [1.54, 1.807) is 0 Å². The van der Waals surface area contributed by atoms with Crippen LogP contribution in [0.3, 0.4) is 0 Å². The van der Waals surface area contributed by atoms with Crippen molar-refractivity contribution >= 4 is 0 Å². The fourth-order valence-corrected chi connectivity index (χ4v) is 0.240. The second kappa shape index (κ2) is 2.88. The normalized spacial score (nSPS) is 14.2. The van der Waals surface area contributed by atoms with Crippen LogP contribution in [0, 0.1) is 6.36 Å². The van der Waals surface area contributed by atoms with Gasteiger partial charge in [0.15, 0.2) is 0 Å². The number of rotatable bonds is 2. The Morgan fingerprint density at radius 2 is 1.45 bits per heavy atom. The van der Waals surface area contributed by atoms with Crippen LogP contribution in [-0.2, 0) is 4.74 Å². The van der Waals surface area contributed by atoms with E-state index in [2.05, 4.69) is 4.74 Å². The molecule has 0 atom stereocenters. The molecule has 0 aromatic heterocycles. The van der Waals surface area contributed by atoms with Crippen LogP contribution in [0.5, 0.6) is 0 Å². The predicted octanol–water partition coefficient (Wildman–Crippen LogP) is 2.29. The molecule has 0 saturated carbocycles. The summed E-state index contributed by atoms with van der Waals surface area (Å²) in [5.74, 6) is -5.53. The van der Waals surface area contributed by atoms with E-state index >= 15 is 0 Å².